The van der Waals surface area contributed by atoms with Gasteiger partial charge in [0.2, 0.25) is 0 Å². The van der Waals surface area contributed by atoms with Gasteiger partial charge < -0.3 is 9.84 Å². The molecule has 0 unspecified atom stereocenters. The third kappa shape index (κ3) is 17.4. The molecule has 0 bridgehead atoms. The number of nitrogens with zero attached hydrogens (tertiary/aromatic N) is 2. The standard InChI is InChI=1S/C19H23ClN2O2S.C9H18O2S/c1-2-3-4-5-6-10-13-25-19(23)24-16-14-17(20)21-22-18(16)15-11-8-7-9-12-15;1-2-3-4-5-6-7-8-12-9(10)11/h7-9,11-12,14H,2-6,10,13H2,1H3;2-8H2,1H3,(H,10,11). The topological polar surface area (TPSA) is 89.4 Å². The fraction of sp³-hybridized carbons (Fsp3) is 0.571. The van der Waals surface area contributed by atoms with Crippen molar-refractivity contribution in [3.8, 4) is 17.0 Å². The van der Waals surface area contributed by atoms with Crippen molar-refractivity contribution in [3.63, 3.8) is 0 Å². The molecule has 0 amide bonds. The van der Waals surface area contributed by atoms with E-state index in [1.165, 1.54) is 75.6 Å². The van der Waals surface area contributed by atoms with Crippen LogP contribution in [0.3, 0.4) is 0 Å². The zero-order valence-corrected chi connectivity index (χ0v) is 24.5. The molecule has 0 saturated heterocycles. The first-order valence-corrected chi connectivity index (χ1v) is 15.6. The van der Waals surface area contributed by atoms with Crippen molar-refractivity contribution in [2.75, 3.05) is 11.5 Å². The van der Waals surface area contributed by atoms with E-state index < -0.39 is 5.30 Å². The van der Waals surface area contributed by atoms with Gasteiger partial charge in [-0.3, -0.25) is 0 Å². The maximum absolute atomic E-state index is 12.1. The molecule has 0 aliphatic carbocycles. The van der Waals surface area contributed by atoms with Gasteiger partial charge in [-0.15, -0.1) is 10.2 Å². The van der Waals surface area contributed by atoms with Crippen molar-refractivity contribution in [2.45, 2.75) is 90.9 Å². The number of halogens is 1. The minimum absolute atomic E-state index is 0.198. The average Bonchev–Trinajstić information content (AvgIpc) is 2.88. The second kappa shape index (κ2) is 22.2. The quantitative estimate of drug-likeness (QED) is 0.158. The lowest BCUT2D eigenvalue weighted by Gasteiger charge is -2.09. The Bertz CT molecular complexity index is 888. The summed E-state index contributed by atoms with van der Waals surface area (Å²) in [6.45, 7) is 4.40. The minimum Gasteiger partial charge on any atom is -0.473 e. The first kappa shape index (κ1) is 33.3. The molecular formula is C28H41ClN2O4S2. The summed E-state index contributed by atoms with van der Waals surface area (Å²) in [6.07, 6.45) is 14.6. The number of hydrogen-bond donors (Lipinski definition) is 1. The SMILES string of the molecule is CCCCCCCCSC(=O)O.CCCCCCCCSC(=O)Oc1cc(Cl)nnc1-c1ccccc1. The predicted molar refractivity (Wildman–Crippen MR) is 158 cm³/mol. The number of carbonyl (C=O) groups excluding carboxylic acids is 1. The molecule has 206 valence electrons. The lowest BCUT2D eigenvalue weighted by atomic mass is 10.1. The first-order valence-electron chi connectivity index (χ1n) is 13.3. The monoisotopic (exact) mass is 568 g/mol. The molecule has 0 spiro atoms. The van der Waals surface area contributed by atoms with E-state index in [9.17, 15) is 9.59 Å². The molecule has 1 heterocycles. The molecule has 0 aliphatic heterocycles. The first-order chi connectivity index (χ1) is 18.0. The molecule has 0 fully saturated rings. The average molecular weight is 569 g/mol. The van der Waals surface area contributed by atoms with Crippen LogP contribution in [0, 0.1) is 0 Å². The van der Waals surface area contributed by atoms with Crippen LogP contribution in [0.25, 0.3) is 11.3 Å². The summed E-state index contributed by atoms with van der Waals surface area (Å²) in [7, 11) is 0. The molecule has 1 aromatic carbocycles. The Labute approximate surface area is 235 Å². The molecule has 0 saturated carbocycles. The van der Waals surface area contributed by atoms with Crippen molar-refractivity contribution in [3.05, 3.63) is 41.6 Å². The van der Waals surface area contributed by atoms with Crippen LogP contribution >= 0.6 is 35.1 Å². The van der Waals surface area contributed by atoms with Gasteiger partial charge in [-0.25, -0.2) is 9.59 Å². The summed E-state index contributed by atoms with van der Waals surface area (Å²) < 4.78 is 5.46. The van der Waals surface area contributed by atoms with E-state index >= 15 is 0 Å². The molecule has 37 heavy (non-hydrogen) atoms. The van der Waals surface area contributed by atoms with Gasteiger partial charge in [0.25, 0.3) is 0 Å². The number of ether oxygens (including phenoxy) is 1. The highest BCUT2D eigenvalue weighted by atomic mass is 35.5. The van der Waals surface area contributed by atoms with E-state index in [0.717, 1.165) is 48.1 Å². The second-order valence-electron chi connectivity index (χ2n) is 8.60. The van der Waals surface area contributed by atoms with Crippen LogP contribution in [-0.2, 0) is 0 Å². The number of carbonyl (C=O) groups is 2. The van der Waals surface area contributed by atoms with Crippen molar-refractivity contribution in [1.82, 2.24) is 10.2 Å². The van der Waals surface area contributed by atoms with E-state index in [-0.39, 0.29) is 10.5 Å². The maximum Gasteiger partial charge on any atom is 0.372 e. The zero-order chi connectivity index (χ0) is 27.1. The molecule has 0 aliphatic rings. The van der Waals surface area contributed by atoms with Crippen LogP contribution in [0.5, 0.6) is 5.75 Å². The van der Waals surface area contributed by atoms with Crippen LogP contribution in [-0.4, -0.2) is 37.4 Å². The Balaban J connectivity index is 0.000000482. The number of aromatic nitrogens is 2. The van der Waals surface area contributed by atoms with Crippen molar-refractivity contribution >= 4 is 45.7 Å². The second-order valence-corrected chi connectivity index (χ2v) is 11.1. The van der Waals surface area contributed by atoms with Gasteiger partial charge >= 0.3 is 10.6 Å². The van der Waals surface area contributed by atoms with Gasteiger partial charge in [-0.05, 0) is 36.4 Å². The van der Waals surface area contributed by atoms with Crippen molar-refractivity contribution in [2.24, 2.45) is 0 Å². The molecular weight excluding hydrogens is 528 g/mol. The smallest absolute Gasteiger partial charge is 0.372 e. The van der Waals surface area contributed by atoms with E-state index in [4.69, 9.17) is 21.4 Å². The highest BCUT2D eigenvalue weighted by Crippen LogP contribution is 2.30. The number of unbranched alkanes of at least 4 members (excludes halogenated alkanes) is 10. The van der Waals surface area contributed by atoms with Crippen LogP contribution < -0.4 is 4.74 Å². The number of rotatable bonds is 16. The van der Waals surface area contributed by atoms with Crippen molar-refractivity contribution in [1.29, 1.82) is 0 Å². The predicted octanol–water partition coefficient (Wildman–Crippen LogP) is 10.1. The van der Waals surface area contributed by atoms with E-state index in [2.05, 4.69) is 24.0 Å². The third-order valence-electron chi connectivity index (χ3n) is 5.41. The number of thioether (sulfide) groups is 2. The van der Waals surface area contributed by atoms with Gasteiger partial charge in [0, 0.05) is 23.1 Å². The van der Waals surface area contributed by atoms with Crippen LogP contribution in [0.2, 0.25) is 5.15 Å². The number of hydrogen-bond acceptors (Lipinski definition) is 7. The molecule has 1 aromatic heterocycles. The molecule has 9 heteroatoms. The fourth-order valence-corrected chi connectivity index (χ4v) is 4.75. The van der Waals surface area contributed by atoms with Gasteiger partial charge in [-0.2, -0.15) is 0 Å². The van der Waals surface area contributed by atoms with E-state index in [1.54, 1.807) is 0 Å². The molecule has 2 aromatic rings. The van der Waals surface area contributed by atoms with Gasteiger partial charge in [0.15, 0.2) is 10.9 Å². The highest BCUT2D eigenvalue weighted by Gasteiger charge is 2.14. The fourth-order valence-electron chi connectivity index (χ4n) is 3.43. The summed E-state index contributed by atoms with van der Waals surface area (Å²) >= 11 is 8.11. The van der Waals surface area contributed by atoms with Crippen LogP contribution in [0.15, 0.2) is 36.4 Å². The molecule has 0 radical (unpaired) electrons. The summed E-state index contributed by atoms with van der Waals surface area (Å²) in [6, 6.07) is 11.0. The Morgan fingerprint density at radius 1 is 0.811 bits per heavy atom. The normalized spacial score (nSPS) is 10.5. The summed E-state index contributed by atoms with van der Waals surface area (Å²) in [5.74, 6) is 1.87. The Kier molecular flexibility index (Phi) is 20.0. The number of carboxylic acid groups (broad SMARTS) is 1. The van der Waals surface area contributed by atoms with Crippen molar-refractivity contribution < 1.29 is 19.4 Å². The molecule has 1 N–H and O–H groups in total. The Hall–Kier alpha value is -1.77. The summed E-state index contributed by atoms with van der Waals surface area (Å²) in [4.78, 5) is 22.2. The van der Waals surface area contributed by atoms with E-state index in [1.807, 2.05) is 30.3 Å². The lowest BCUT2D eigenvalue weighted by molar-refractivity contribution is 0.222. The largest absolute Gasteiger partial charge is 0.473 e. The molecule has 2 rings (SSSR count). The van der Waals surface area contributed by atoms with Crippen LogP contribution in [0.1, 0.15) is 90.9 Å². The van der Waals surface area contributed by atoms with E-state index in [0.29, 0.717) is 11.4 Å². The van der Waals surface area contributed by atoms with Crippen LogP contribution in [0.4, 0.5) is 9.59 Å². The van der Waals surface area contributed by atoms with Gasteiger partial charge in [-0.1, -0.05) is 120 Å². The maximum atomic E-state index is 12.1. The summed E-state index contributed by atoms with van der Waals surface area (Å²) in [5, 5.41) is 15.4. The van der Waals surface area contributed by atoms with Gasteiger partial charge in [0.05, 0.1) is 0 Å². The molecule has 6 nitrogen and oxygen atoms in total. The Morgan fingerprint density at radius 2 is 1.35 bits per heavy atom. The van der Waals surface area contributed by atoms with Gasteiger partial charge in [0.1, 0.15) is 5.69 Å². The summed E-state index contributed by atoms with van der Waals surface area (Å²) in [5.41, 5.74) is 1.34. The molecule has 0 atom stereocenters. The Morgan fingerprint density at radius 3 is 1.92 bits per heavy atom. The minimum atomic E-state index is -0.747. The third-order valence-corrected chi connectivity index (χ3v) is 7.15. The zero-order valence-electron chi connectivity index (χ0n) is 22.1. The highest BCUT2D eigenvalue weighted by molar-refractivity contribution is 8.13. The lowest BCUT2D eigenvalue weighted by Crippen LogP contribution is -2.04. The number of benzene rings is 1.